The number of carbonyl (C=O) groups excluding carboxylic acids is 2. The first-order valence-electron chi connectivity index (χ1n) is 9.84. The molecule has 0 bridgehead atoms. The summed E-state index contributed by atoms with van der Waals surface area (Å²) in [6, 6.07) is 14.0. The lowest BCUT2D eigenvalue weighted by molar-refractivity contribution is -0.142. The van der Waals surface area contributed by atoms with Crippen molar-refractivity contribution in [3.63, 3.8) is 0 Å². The summed E-state index contributed by atoms with van der Waals surface area (Å²) in [5.41, 5.74) is 0.732. The summed E-state index contributed by atoms with van der Waals surface area (Å²) >= 11 is 0. The van der Waals surface area contributed by atoms with Gasteiger partial charge in [0.2, 0.25) is 5.91 Å². The van der Waals surface area contributed by atoms with Crippen molar-refractivity contribution in [2.45, 2.75) is 45.4 Å². The van der Waals surface area contributed by atoms with Gasteiger partial charge in [-0.25, -0.2) is 9.59 Å². The van der Waals surface area contributed by atoms with Gasteiger partial charge in [-0.05, 0) is 44.0 Å². The SMILES string of the molecule is CC(C)(C)N(CC(=O)NC(Cc1ccc(O)cc1)C(=O)O)C(=O)OCc1ccccc1. The van der Waals surface area contributed by atoms with Crippen LogP contribution >= 0.6 is 0 Å². The standard InChI is InChI=1S/C23H28N2O6/c1-23(2,3)25(22(30)31-15-17-7-5-4-6-8-17)14-20(27)24-19(21(28)29)13-16-9-11-18(26)12-10-16/h4-12,19,26H,13-15H2,1-3H3,(H,24,27)(H,28,29). The quantitative estimate of drug-likeness (QED) is 0.595. The Hall–Kier alpha value is -3.55. The maximum absolute atomic E-state index is 12.6. The van der Waals surface area contributed by atoms with Crippen LogP contribution in [0.3, 0.4) is 0 Å². The van der Waals surface area contributed by atoms with Gasteiger partial charge in [-0.15, -0.1) is 0 Å². The van der Waals surface area contributed by atoms with E-state index in [0.717, 1.165) is 5.56 Å². The van der Waals surface area contributed by atoms with Gasteiger partial charge in [0.25, 0.3) is 0 Å². The molecular weight excluding hydrogens is 400 g/mol. The van der Waals surface area contributed by atoms with Gasteiger partial charge in [0.15, 0.2) is 0 Å². The van der Waals surface area contributed by atoms with Crippen LogP contribution in [0.2, 0.25) is 0 Å². The third kappa shape index (κ3) is 7.65. The highest BCUT2D eigenvalue weighted by Crippen LogP contribution is 2.16. The molecule has 8 heteroatoms. The fourth-order valence-electron chi connectivity index (χ4n) is 2.82. The van der Waals surface area contributed by atoms with Gasteiger partial charge in [0.1, 0.15) is 24.9 Å². The van der Waals surface area contributed by atoms with E-state index in [4.69, 9.17) is 4.74 Å². The van der Waals surface area contributed by atoms with E-state index in [9.17, 15) is 24.6 Å². The van der Waals surface area contributed by atoms with Gasteiger partial charge < -0.3 is 20.3 Å². The largest absolute Gasteiger partial charge is 0.508 e. The lowest BCUT2D eigenvalue weighted by Gasteiger charge is -2.34. The second-order valence-corrected chi connectivity index (χ2v) is 8.13. The number of aliphatic carboxylic acids is 1. The summed E-state index contributed by atoms with van der Waals surface area (Å²) in [6.07, 6.45) is -0.632. The number of ether oxygens (including phenoxy) is 1. The van der Waals surface area contributed by atoms with E-state index in [1.165, 1.54) is 17.0 Å². The Balaban J connectivity index is 2.01. The third-order valence-electron chi connectivity index (χ3n) is 4.55. The van der Waals surface area contributed by atoms with E-state index in [1.807, 2.05) is 30.3 Å². The van der Waals surface area contributed by atoms with Crippen molar-refractivity contribution >= 4 is 18.0 Å². The van der Waals surface area contributed by atoms with Crippen LogP contribution in [0.5, 0.6) is 5.75 Å². The summed E-state index contributed by atoms with van der Waals surface area (Å²) in [7, 11) is 0. The van der Waals surface area contributed by atoms with E-state index in [0.29, 0.717) is 5.56 Å². The van der Waals surface area contributed by atoms with Crippen molar-refractivity contribution in [1.29, 1.82) is 0 Å². The van der Waals surface area contributed by atoms with Gasteiger partial charge in [-0.2, -0.15) is 0 Å². The number of phenolic OH excluding ortho intramolecular Hbond substituents is 1. The molecule has 166 valence electrons. The Labute approximate surface area is 181 Å². The highest BCUT2D eigenvalue weighted by Gasteiger charge is 2.31. The number of benzene rings is 2. The summed E-state index contributed by atoms with van der Waals surface area (Å²) in [6.45, 7) is 4.99. The van der Waals surface area contributed by atoms with Crippen molar-refractivity contribution in [3.05, 3.63) is 65.7 Å². The normalized spacial score (nSPS) is 12.0. The number of phenols is 1. The fourth-order valence-corrected chi connectivity index (χ4v) is 2.82. The predicted molar refractivity (Wildman–Crippen MR) is 114 cm³/mol. The number of nitrogens with one attached hydrogen (secondary N) is 1. The summed E-state index contributed by atoms with van der Waals surface area (Å²) in [5.74, 6) is -1.75. The number of hydrogen-bond donors (Lipinski definition) is 3. The molecule has 2 aromatic carbocycles. The third-order valence-corrected chi connectivity index (χ3v) is 4.55. The zero-order chi connectivity index (χ0) is 23.0. The molecule has 1 unspecified atom stereocenters. The molecule has 0 aliphatic heterocycles. The van der Waals surface area contributed by atoms with Crippen molar-refractivity contribution in [2.24, 2.45) is 0 Å². The number of nitrogens with zero attached hydrogens (tertiary/aromatic N) is 1. The minimum Gasteiger partial charge on any atom is -0.508 e. The minimum atomic E-state index is -1.20. The minimum absolute atomic E-state index is 0.0370. The Morgan fingerprint density at radius 1 is 1.00 bits per heavy atom. The molecule has 0 aromatic heterocycles. The van der Waals surface area contributed by atoms with Crippen LogP contribution in [-0.4, -0.2) is 51.2 Å². The highest BCUT2D eigenvalue weighted by molar-refractivity contribution is 5.87. The Kier molecular flexibility index (Phi) is 8.01. The molecule has 0 saturated heterocycles. The number of carbonyl (C=O) groups is 3. The number of aromatic hydroxyl groups is 1. The van der Waals surface area contributed by atoms with Crippen LogP contribution in [0, 0.1) is 0 Å². The maximum atomic E-state index is 12.6. The average molecular weight is 428 g/mol. The Bertz CT molecular complexity index is 891. The molecule has 0 aliphatic carbocycles. The molecule has 3 N–H and O–H groups in total. The van der Waals surface area contributed by atoms with Gasteiger partial charge in [0.05, 0.1) is 0 Å². The lowest BCUT2D eigenvalue weighted by atomic mass is 10.1. The van der Waals surface area contributed by atoms with Gasteiger partial charge in [0, 0.05) is 12.0 Å². The van der Waals surface area contributed by atoms with E-state index in [2.05, 4.69) is 5.32 Å². The topological polar surface area (TPSA) is 116 Å². The van der Waals surface area contributed by atoms with Crippen LogP contribution < -0.4 is 5.32 Å². The van der Waals surface area contributed by atoms with Gasteiger partial charge >= 0.3 is 12.1 Å². The molecule has 0 spiro atoms. The van der Waals surface area contributed by atoms with Gasteiger partial charge in [-0.3, -0.25) is 9.69 Å². The first-order valence-corrected chi connectivity index (χ1v) is 9.84. The smallest absolute Gasteiger partial charge is 0.411 e. The molecule has 0 aliphatic rings. The van der Waals surface area contributed by atoms with Crippen molar-refractivity contribution < 1.29 is 29.3 Å². The number of rotatable bonds is 8. The molecule has 31 heavy (non-hydrogen) atoms. The summed E-state index contributed by atoms with van der Waals surface area (Å²) in [4.78, 5) is 38.1. The molecular formula is C23H28N2O6. The molecule has 0 heterocycles. The zero-order valence-electron chi connectivity index (χ0n) is 17.9. The number of amides is 2. The second-order valence-electron chi connectivity index (χ2n) is 8.13. The number of carboxylic acid groups (broad SMARTS) is 1. The van der Waals surface area contributed by atoms with Crippen LogP contribution in [0.1, 0.15) is 31.9 Å². The Morgan fingerprint density at radius 2 is 1.61 bits per heavy atom. The molecule has 8 nitrogen and oxygen atoms in total. The number of carboxylic acids is 1. The Morgan fingerprint density at radius 3 is 2.16 bits per heavy atom. The molecule has 0 fully saturated rings. The van der Waals surface area contributed by atoms with E-state index >= 15 is 0 Å². The van der Waals surface area contributed by atoms with E-state index in [1.54, 1.807) is 32.9 Å². The van der Waals surface area contributed by atoms with Crippen molar-refractivity contribution in [3.8, 4) is 5.75 Å². The molecule has 0 radical (unpaired) electrons. The van der Waals surface area contributed by atoms with Crippen LogP contribution in [-0.2, 0) is 27.4 Å². The predicted octanol–water partition coefficient (Wildman–Crippen LogP) is 2.94. The van der Waals surface area contributed by atoms with Crippen LogP contribution in [0.15, 0.2) is 54.6 Å². The average Bonchev–Trinajstić information content (AvgIpc) is 2.71. The maximum Gasteiger partial charge on any atom is 0.411 e. The molecule has 2 rings (SSSR count). The summed E-state index contributed by atoms with van der Waals surface area (Å²) in [5, 5.41) is 21.3. The molecule has 0 saturated carbocycles. The first kappa shape index (κ1) is 23.7. The van der Waals surface area contributed by atoms with Crippen LogP contribution in [0.4, 0.5) is 4.79 Å². The summed E-state index contributed by atoms with van der Waals surface area (Å²) < 4.78 is 5.34. The van der Waals surface area contributed by atoms with E-state index < -0.39 is 29.6 Å². The fraction of sp³-hybridized carbons (Fsp3) is 0.348. The van der Waals surface area contributed by atoms with E-state index in [-0.39, 0.29) is 25.3 Å². The molecule has 2 amide bonds. The number of hydrogen-bond acceptors (Lipinski definition) is 5. The second kappa shape index (κ2) is 10.5. The first-order chi connectivity index (χ1) is 14.6. The highest BCUT2D eigenvalue weighted by atomic mass is 16.6. The van der Waals surface area contributed by atoms with Gasteiger partial charge in [-0.1, -0.05) is 42.5 Å². The molecule has 1 atom stereocenters. The zero-order valence-corrected chi connectivity index (χ0v) is 17.9. The monoisotopic (exact) mass is 428 g/mol. The van der Waals surface area contributed by atoms with Crippen molar-refractivity contribution in [1.82, 2.24) is 10.2 Å². The lowest BCUT2D eigenvalue weighted by Crippen LogP contribution is -2.53. The van der Waals surface area contributed by atoms with Crippen molar-refractivity contribution in [2.75, 3.05) is 6.54 Å². The molecule has 2 aromatic rings. The van der Waals surface area contributed by atoms with Crippen LogP contribution in [0.25, 0.3) is 0 Å².